The highest BCUT2D eigenvalue weighted by Crippen LogP contribution is 2.32. The van der Waals surface area contributed by atoms with Crippen molar-refractivity contribution in [2.45, 2.75) is 51.0 Å². The average molecular weight is 241 g/mol. The molecule has 1 fully saturated rings. The van der Waals surface area contributed by atoms with Gasteiger partial charge in [-0.1, -0.05) is 25.7 Å². The van der Waals surface area contributed by atoms with E-state index in [-0.39, 0.29) is 11.6 Å². The van der Waals surface area contributed by atoms with Gasteiger partial charge in [-0.15, -0.1) is 0 Å². The van der Waals surface area contributed by atoms with Gasteiger partial charge in [0.2, 0.25) is 0 Å². The first-order chi connectivity index (χ1) is 8.07. The monoisotopic (exact) mass is 241 g/mol. The van der Waals surface area contributed by atoms with Gasteiger partial charge in [-0.05, 0) is 19.8 Å². The lowest BCUT2D eigenvalue weighted by Crippen LogP contribution is -2.58. The molecule has 0 aliphatic heterocycles. The fourth-order valence-electron chi connectivity index (χ4n) is 2.89. The molecule has 0 aromatic carbocycles. The lowest BCUT2D eigenvalue weighted by Gasteiger charge is -2.43. The third kappa shape index (κ3) is 3.12. The van der Waals surface area contributed by atoms with Gasteiger partial charge in [-0.25, -0.2) is 4.79 Å². The van der Waals surface area contributed by atoms with E-state index in [2.05, 4.69) is 0 Å². The first kappa shape index (κ1) is 14.3. The highest BCUT2D eigenvalue weighted by Gasteiger charge is 2.38. The molecule has 1 aliphatic rings. The van der Waals surface area contributed by atoms with Crippen molar-refractivity contribution < 1.29 is 4.79 Å². The Balaban J connectivity index is 2.90. The molecule has 4 nitrogen and oxygen atoms in total. The van der Waals surface area contributed by atoms with Gasteiger partial charge in [0, 0.05) is 27.2 Å². The van der Waals surface area contributed by atoms with Crippen molar-refractivity contribution in [3.8, 4) is 0 Å². The Bertz CT molecular complexity index is 245. The van der Waals surface area contributed by atoms with Crippen molar-refractivity contribution in [3.05, 3.63) is 0 Å². The average Bonchev–Trinajstić information content (AvgIpc) is 2.56. The minimum Gasteiger partial charge on any atom is -0.331 e. The third-order valence-corrected chi connectivity index (χ3v) is 3.92. The van der Waals surface area contributed by atoms with E-state index in [1.54, 1.807) is 4.90 Å². The molecule has 0 saturated heterocycles. The van der Waals surface area contributed by atoms with Gasteiger partial charge in [0.25, 0.3) is 0 Å². The molecule has 4 heteroatoms. The van der Waals surface area contributed by atoms with E-state index in [1.165, 1.54) is 25.7 Å². The van der Waals surface area contributed by atoms with E-state index in [0.717, 1.165) is 19.4 Å². The van der Waals surface area contributed by atoms with Crippen LogP contribution in [-0.2, 0) is 0 Å². The van der Waals surface area contributed by atoms with Crippen molar-refractivity contribution in [1.82, 2.24) is 9.80 Å². The normalized spacial score (nSPS) is 19.5. The summed E-state index contributed by atoms with van der Waals surface area (Å²) in [5.74, 6) is 0. The topological polar surface area (TPSA) is 49.6 Å². The van der Waals surface area contributed by atoms with E-state index < -0.39 is 0 Å². The minimum atomic E-state index is -0.105. The van der Waals surface area contributed by atoms with Crippen LogP contribution in [0.2, 0.25) is 0 Å². The molecular formula is C13H27N3O. The minimum absolute atomic E-state index is 0.0971. The zero-order chi connectivity index (χ0) is 12.9. The van der Waals surface area contributed by atoms with E-state index in [1.807, 2.05) is 25.9 Å². The molecule has 0 spiro atoms. The van der Waals surface area contributed by atoms with Gasteiger partial charge in [0.05, 0.1) is 5.54 Å². The Morgan fingerprint density at radius 1 is 1.18 bits per heavy atom. The van der Waals surface area contributed by atoms with Crippen LogP contribution in [0.25, 0.3) is 0 Å². The van der Waals surface area contributed by atoms with Crippen LogP contribution in [-0.4, -0.2) is 48.6 Å². The molecule has 2 N–H and O–H groups in total. The third-order valence-electron chi connectivity index (χ3n) is 3.92. The second kappa shape index (κ2) is 6.24. The first-order valence-electron chi connectivity index (χ1n) is 6.76. The fraction of sp³-hybridized carbons (Fsp3) is 0.923. The zero-order valence-electron chi connectivity index (χ0n) is 11.5. The summed E-state index contributed by atoms with van der Waals surface area (Å²) in [5, 5.41) is 0. The standard InChI is InChI=1S/C13H27N3O/c1-4-16(12(17)15(2)3)13(11-14)9-7-5-6-8-10-13/h4-11,14H2,1-3H3. The van der Waals surface area contributed by atoms with Gasteiger partial charge in [0.1, 0.15) is 0 Å². The Labute approximate surface area is 105 Å². The van der Waals surface area contributed by atoms with E-state index in [9.17, 15) is 4.79 Å². The van der Waals surface area contributed by atoms with Gasteiger partial charge >= 0.3 is 6.03 Å². The van der Waals surface area contributed by atoms with Crippen molar-refractivity contribution >= 4 is 6.03 Å². The molecule has 17 heavy (non-hydrogen) atoms. The SMILES string of the molecule is CCN(C(=O)N(C)C)C1(CN)CCCCCC1. The summed E-state index contributed by atoms with van der Waals surface area (Å²) >= 11 is 0. The molecule has 0 aromatic rings. The summed E-state index contributed by atoms with van der Waals surface area (Å²) in [6.07, 6.45) is 7.03. The highest BCUT2D eigenvalue weighted by molar-refractivity contribution is 5.74. The second-order valence-electron chi connectivity index (χ2n) is 5.26. The van der Waals surface area contributed by atoms with Crippen LogP contribution in [0.1, 0.15) is 45.4 Å². The number of nitrogens with zero attached hydrogens (tertiary/aromatic N) is 2. The fourth-order valence-corrected chi connectivity index (χ4v) is 2.89. The van der Waals surface area contributed by atoms with Crippen LogP contribution in [0.15, 0.2) is 0 Å². The van der Waals surface area contributed by atoms with Crippen molar-refractivity contribution in [3.63, 3.8) is 0 Å². The number of hydrogen-bond donors (Lipinski definition) is 1. The van der Waals surface area contributed by atoms with Gasteiger partial charge < -0.3 is 15.5 Å². The van der Waals surface area contributed by atoms with Gasteiger partial charge in [-0.2, -0.15) is 0 Å². The molecule has 0 heterocycles. The largest absolute Gasteiger partial charge is 0.331 e. The van der Waals surface area contributed by atoms with E-state index in [4.69, 9.17) is 5.73 Å². The second-order valence-corrected chi connectivity index (χ2v) is 5.26. The summed E-state index contributed by atoms with van der Waals surface area (Å²) in [6.45, 7) is 3.37. The number of rotatable bonds is 3. The number of urea groups is 1. The van der Waals surface area contributed by atoms with Crippen LogP contribution in [0.5, 0.6) is 0 Å². The Morgan fingerprint density at radius 2 is 1.71 bits per heavy atom. The van der Waals surface area contributed by atoms with Gasteiger partial charge in [-0.3, -0.25) is 0 Å². The van der Waals surface area contributed by atoms with Crippen LogP contribution in [0.3, 0.4) is 0 Å². The molecule has 1 rings (SSSR count). The Kier molecular flexibility index (Phi) is 5.25. The number of carbonyl (C=O) groups is 1. The number of amides is 2. The van der Waals surface area contributed by atoms with Crippen LogP contribution >= 0.6 is 0 Å². The molecule has 0 bridgehead atoms. The number of hydrogen-bond acceptors (Lipinski definition) is 2. The van der Waals surface area contributed by atoms with Crippen molar-refractivity contribution in [2.24, 2.45) is 5.73 Å². The summed E-state index contributed by atoms with van der Waals surface area (Å²) in [4.78, 5) is 15.9. The molecule has 0 radical (unpaired) electrons. The molecule has 0 aromatic heterocycles. The Hall–Kier alpha value is -0.770. The molecule has 2 amide bonds. The summed E-state index contributed by atoms with van der Waals surface area (Å²) < 4.78 is 0. The lowest BCUT2D eigenvalue weighted by atomic mass is 9.88. The maximum Gasteiger partial charge on any atom is 0.319 e. The molecule has 100 valence electrons. The molecular weight excluding hydrogens is 214 g/mol. The Morgan fingerprint density at radius 3 is 2.06 bits per heavy atom. The summed E-state index contributed by atoms with van der Waals surface area (Å²) in [6, 6.07) is 0.0971. The van der Waals surface area contributed by atoms with E-state index in [0.29, 0.717) is 6.54 Å². The summed E-state index contributed by atoms with van der Waals surface area (Å²) in [5.41, 5.74) is 5.91. The lowest BCUT2D eigenvalue weighted by molar-refractivity contribution is 0.0899. The van der Waals surface area contributed by atoms with Crippen LogP contribution < -0.4 is 5.73 Å². The maximum atomic E-state index is 12.2. The first-order valence-corrected chi connectivity index (χ1v) is 6.76. The van der Waals surface area contributed by atoms with Crippen molar-refractivity contribution in [2.75, 3.05) is 27.2 Å². The molecule has 0 atom stereocenters. The predicted octanol–water partition coefficient (Wildman–Crippen LogP) is 2.04. The van der Waals surface area contributed by atoms with Crippen LogP contribution in [0.4, 0.5) is 4.79 Å². The van der Waals surface area contributed by atoms with E-state index >= 15 is 0 Å². The van der Waals surface area contributed by atoms with Gasteiger partial charge in [0.15, 0.2) is 0 Å². The number of nitrogens with two attached hydrogens (primary N) is 1. The molecule has 1 aliphatic carbocycles. The number of carbonyl (C=O) groups excluding carboxylic acids is 1. The molecule has 1 saturated carbocycles. The predicted molar refractivity (Wildman–Crippen MR) is 71.0 cm³/mol. The zero-order valence-corrected chi connectivity index (χ0v) is 11.5. The smallest absolute Gasteiger partial charge is 0.319 e. The van der Waals surface area contributed by atoms with Crippen molar-refractivity contribution in [1.29, 1.82) is 0 Å². The summed E-state index contributed by atoms with van der Waals surface area (Å²) in [7, 11) is 3.62. The van der Waals surface area contributed by atoms with Crippen LogP contribution in [0, 0.1) is 0 Å². The number of likely N-dealkylation sites (N-methyl/N-ethyl adjacent to an activating group) is 1. The highest BCUT2D eigenvalue weighted by atomic mass is 16.2. The quantitative estimate of drug-likeness (QED) is 0.769. The maximum absolute atomic E-state index is 12.2. The molecule has 0 unspecified atom stereocenters.